The number of aryl methyl sites for hydroxylation is 1. The standard InChI is InChI=1S/C15H29N7/c1-3-22-10-6-7-14(22)11-18-15(16-2)17-8-4-5-9-21-12-19-20-13-21/h12-14H,3-11H2,1-2H3,(H2,16,17,18). The molecule has 0 saturated carbocycles. The van der Waals surface area contributed by atoms with E-state index in [0.717, 1.165) is 45.0 Å². The highest BCUT2D eigenvalue weighted by Crippen LogP contribution is 2.15. The molecule has 1 aromatic rings. The van der Waals surface area contributed by atoms with Crippen molar-refractivity contribution in [1.82, 2.24) is 30.3 Å². The van der Waals surface area contributed by atoms with Gasteiger partial charge in [-0.15, -0.1) is 10.2 Å². The summed E-state index contributed by atoms with van der Waals surface area (Å²) in [6.07, 6.45) is 8.33. The summed E-state index contributed by atoms with van der Waals surface area (Å²) in [7, 11) is 1.83. The minimum absolute atomic E-state index is 0.650. The maximum atomic E-state index is 4.30. The number of rotatable bonds is 8. The summed E-state index contributed by atoms with van der Waals surface area (Å²) >= 11 is 0. The van der Waals surface area contributed by atoms with Gasteiger partial charge in [-0.05, 0) is 38.8 Å². The fourth-order valence-electron chi connectivity index (χ4n) is 2.94. The van der Waals surface area contributed by atoms with Crippen LogP contribution in [0.1, 0.15) is 32.6 Å². The van der Waals surface area contributed by atoms with Crippen molar-refractivity contribution in [2.24, 2.45) is 4.99 Å². The van der Waals surface area contributed by atoms with E-state index >= 15 is 0 Å². The second kappa shape index (κ2) is 9.40. The van der Waals surface area contributed by atoms with E-state index in [1.54, 1.807) is 12.7 Å². The zero-order valence-corrected chi connectivity index (χ0v) is 13.8. The second-order valence-corrected chi connectivity index (χ2v) is 5.71. The Kier molecular flexibility index (Phi) is 7.15. The molecule has 1 unspecified atom stereocenters. The lowest BCUT2D eigenvalue weighted by molar-refractivity contribution is 0.267. The Bertz CT molecular complexity index is 429. The molecule has 1 atom stereocenters. The maximum Gasteiger partial charge on any atom is 0.191 e. The van der Waals surface area contributed by atoms with Crippen LogP contribution in [0.25, 0.3) is 0 Å². The number of nitrogens with zero attached hydrogens (tertiary/aromatic N) is 5. The molecule has 1 aliphatic heterocycles. The highest BCUT2D eigenvalue weighted by Gasteiger charge is 2.22. The van der Waals surface area contributed by atoms with Crippen LogP contribution in [-0.2, 0) is 6.54 Å². The Balaban J connectivity index is 1.57. The van der Waals surface area contributed by atoms with Crippen molar-refractivity contribution in [2.75, 3.05) is 33.2 Å². The largest absolute Gasteiger partial charge is 0.356 e. The van der Waals surface area contributed by atoms with Crippen molar-refractivity contribution < 1.29 is 0 Å². The number of nitrogens with one attached hydrogen (secondary N) is 2. The van der Waals surface area contributed by atoms with Crippen molar-refractivity contribution >= 4 is 5.96 Å². The molecule has 124 valence electrons. The van der Waals surface area contributed by atoms with E-state index in [1.807, 2.05) is 11.6 Å². The van der Waals surface area contributed by atoms with E-state index < -0.39 is 0 Å². The van der Waals surface area contributed by atoms with E-state index in [-0.39, 0.29) is 0 Å². The van der Waals surface area contributed by atoms with E-state index in [9.17, 15) is 0 Å². The predicted octanol–water partition coefficient (Wildman–Crippen LogP) is 0.708. The summed E-state index contributed by atoms with van der Waals surface area (Å²) in [5.41, 5.74) is 0. The number of likely N-dealkylation sites (tertiary alicyclic amines) is 1. The Labute approximate surface area is 133 Å². The van der Waals surface area contributed by atoms with Gasteiger partial charge in [0.05, 0.1) is 0 Å². The van der Waals surface area contributed by atoms with E-state index in [0.29, 0.717) is 6.04 Å². The Morgan fingerprint density at radius 1 is 1.27 bits per heavy atom. The molecule has 7 heteroatoms. The molecule has 7 nitrogen and oxygen atoms in total. The van der Waals surface area contributed by atoms with Gasteiger partial charge in [0.25, 0.3) is 0 Å². The molecule has 22 heavy (non-hydrogen) atoms. The number of aliphatic imine (C=N–C) groups is 1. The fourth-order valence-corrected chi connectivity index (χ4v) is 2.94. The van der Waals surface area contributed by atoms with Crippen LogP contribution in [-0.4, -0.2) is 64.9 Å². The SMILES string of the molecule is CCN1CCCC1CNC(=NC)NCCCCn1cnnc1. The summed E-state index contributed by atoms with van der Waals surface area (Å²) in [5, 5.41) is 14.4. The van der Waals surface area contributed by atoms with Crippen LogP contribution >= 0.6 is 0 Å². The molecular weight excluding hydrogens is 278 g/mol. The third-order valence-electron chi connectivity index (χ3n) is 4.24. The number of hydrogen-bond donors (Lipinski definition) is 2. The van der Waals surface area contributed by atoms with Crippen molar-refractivity contribution in [3.63, 3.8) is 0 Å². The van der Waals surface area contributed by atoms with Crippen LogP contribution in [0.4, 0.5) is 0 Å². The van der Waals surface area contributed by atoms with E-state index in [1.165, 1.54) is 19.4 Å². The molecule has 1 saturated heterocycles. The average Bonchev–Trinajstić information content (AvgIpc) is 3.21. The van der Waals surface area contributed by atoms with Gasteiger partial charge >= 0.3 is 0 Å². The van der Waals surface area contributed by atoms with Crippen LogP contribution in [0.5, 0.6) is 0 Å². The van der Waals surface area contributed by atoms with Crippen LogP contribution in [0.15, 0.2) is 17.6 Å². The van der Waals surface area contributed by atoms with Crippen molar-refractivity contribution in [3.05, 3.63) is 12.7 Å². The van der Waals surface area contributed by atoms with Gasteiger partial charge in [0.1, 0.15) is 12.7 Å². The number of aromatic nitrogens is 3. The first-order chi connectivity index (χ1) is 10.8. The van der Waals surface area contributed by atoms with Gasteiger partial charge in [-0.2, -0.15) is 0 Å². The number of guanidine groups is 1. The minimum Gasteiger partial charge on any atom is -0.356 e. The third kappa shape index (κ3) is 5.29. The van der Waals surface area contributed by atoms with Crippen LogP contribution in [0, 0.1) is 0 Å². The highest BCUT2D eigenvalue weighted by atomic mass is 15.2. The molecule has 2 N–H and O–H groups in total. The lowest BCUT2D eigenvalue weighted by atomic mass is 10.2. The first-order valence-corrected chi connectivity index (χ1v) is 8.34. The van der Waals surface area contributed by atoms with Gasteiger partial charge < -0.3 is 15.2 Å². The van der Waals surface area contributed by atoms with Gasteiger partial charge in [-0.3, -0.25) is 9.89 Å². The van der Waals surface area contributed by atoms with Crippen LogP contribution in [0.3, 0.4) is 0 Å². The summed E-state index contributed by atoms with van der Waals surface area (Å²) in [5.74, 6) is 0.909. The number of hydrogen-bond acceptors (Lipinski definition) is 4. The monoisotopic (exact) mass is 307 g/mol. The lowest BCUT2D eigenvalue weighted by Gasteiger charge is -2.24. The van der Waals surface area contributed by atoms with Gasteiger partial charge in [0.2, 0.25) is 0 Å². The maximum absolute atomic E-state index is 4.30. The average molecular weight is 307 g/mol. The first kappa shape index (κ1) is 16.7. The van der Waals surface area contributed by atoms with Crippen molar-refractivity contribution in [3.8, 4) is 0 Å². The Hall–Kier alpha value is -1.63. The fraction of sp³-hybridized carbons (Fsp3) is 0.800. The third-order valence-corrected chi connectivity index (χ3v) is 4.24. The summed E-state index contributed by atoms with van der Waals surface area (Å²) in [4.78, 5) is 6.84. The van der Waals surface area contributed by atoms with Crippen molar-refractivity contribution in [1.29, 1.82) is 0 Å². The summed E-state index contributed by atoms with van der Waals surface area (Å²) in [6, 6.07) is 0.650. The first-order valence-electron chi connectivity index (χ1n) is 8.34. The van der Waals surface area contributed by atoms with Gasteiger partial charge in [-0.1, -0.05) is 6.92 Å². The van der Waals surface area contributed by atoms with Gasteiger partial charge in [0, 0.05) is 32.7 Å². The topological polar surface area (TPSA) is 70.4 Å². The minimum atomic E-state index is 0.650. The predicted molar refractivity (Wildman–Crippen MR) is 88.9 cm³/mol. The molecule has 0 spiro atoms. The molecule has 2 heterocycles. The number of likely N-dealkylation sites (N-methyl/N-ethyl adjacent to an activating group) is 1. The molecule has 0 bridgehead atoms. The molecular formula is C15H29N7. The normalized spacial score (nSPS) is 19.5. The molecule has 1 aliphatic rings. The Morgan fingerprint density at radius 3 is 2.82 bits per heavy atom. The van der Waals surface area contributed by atoms with Gasteiger partial charge in [0.15, 0.2) is 5.96 Å². The molecule has 1 aromatic heterocycles. The molecule has 2 rings (SSSR count). The lowest BCUT2D eigenvalue weighted by Crippen LogP contribution is -2.45. The summed E-state index contributed by atoms with van der Waals surface area (Å²) < 4.78 is 2.01. The zero-order chi connectivity index (χ0) is 15.6. The second-order valence-electron chi connectivity index (χ2n) is 5.71. The quantitative estimate of drug-likeness (QED) is 0.420. The van der Waals surface area contributed by atoms with E-state index in [4.69, 9.17) is 0 Å². The van der Waals surface area contributed by atoms with Crippen molar-refractivity contribution in [2.45, 2.75) is 45.2 Å². The van der Waals surface area contributed by atoms with Gasteiger partial charge in [-0.25, -0.2) is 0 Å². The molecule has 0 aliphatic carbocycles. The summed E-state index contributed by atoms with van der Waals surface area (Å²) in [6.45, 7) is 7.49. The highest BCUT2D eigenvalue weighted by molar-refractivity contribution is 5.79. The molecule has 0 aromatic carbocycles. The zero-order valence-electron chi connectivity index (χ0n) is 13.8. The smallest absolute Gasteiger partial charge is 0.191 e. The molecule has 0 amide bonds. The Morgan fingerprint density at radius 2 is 2.09 bits per heavy atom. The van der Waals surface area contributed by atoms with Crippen LogP contribution in [0.2, 0.25) is 0 Å². The number of unbranched alkanes of at least 4 members (excludes halogenated alkanes) is 1. The van der Waals surface area contributed by atoms with E-state index in [2.05, 4.69) is 37.6 Å². The molecule has 0 radical (unpaired) electrons. The molecule has 1 fully saturated rings. The van der Waals surface area contributed by atoms with Crippen LogP contribution < -0.4 is 10.6 Å².